The van der Waals surface area contributed by atoms with E-state index in [1.54, 1.807) is 24.1 Å². The van der Waals surface area contributed by atoms with Gasteiger partial charge in [-0.3, -0.25) is 9.59 Å². The summed E-state index contributed by atoms with van der Waals surface area (Å²) in [7, 11) is 1.58. The molecule has 1 unspecified atom stereocenters. The number of hydrogen-bond acceptors (Lipinski definition) is 2. The molecule has 0 heterocycles. The topological polar surface area (TPSA) is 49.4 Å². The van der Waals surface area contributed by atoms with Crippen molar-refractivity contribution in [1.29, 1.82) is 0 Å². The van der Waals surface area contributed by atoms with Crippen molar-refractivity contribution in [2.75, 3.05) is 7.05 Å². The minimum atomic E-state index is -0.725. The summed E-state index contributed by atoms with van der Waals surface area (Å²) >= 11 is 0. The normalized spacial score (nSPS) is 11.6. The lowest BCUT2D eigenvalue weighted by atomic mass is 9.87. The predicted octanol–water partition coefficient (Wildman–Crippen LogP) is 5.73. The molecule has 0 saturated heterocycles. The Labute approximate surface area is 217 Å². The van der Waals surface area contributed by atoms with Crippen LogP contribution in [0.5, 0.6) is 0 Å². The zero-order valence-corrected chi connectivity index (χ0v) is 20.9. The summed E-state index contributed by atoms with van der Waals surface area (Å²) in [6.07, 6.45) is 0.562. The zero-order chi connectivity index (χ0) is 26.0. The van der Waals surface area contributed by atoms with Gasteiger partial charge in [-0.2, -0.15) is 0 Å². The molecule has 37 heavy (non-hydrogen) atoms. The average Bonchev–Trinajstić information content (AvgIpc) is 2.95. The summed E-state index contributed by atoms with van der Waals surface area (Å²) in [4.78, 5) is 28.9. The zero-order valence-electron chi connectivity index (χ0n) is 20.9. The van der Waals surface area contributed by atoms with Crippen LogP contribution in [0.4, 0.5) is 4.39 Å². The van der Waals surface area contributed by atoms with Crippen molar-refractivity contribution >= 4 is 11.8 Å². The molecule has 0 saturated carbocycles. The van der Waals surface area contributed by atoms with Crippen molar-refractivity contribution in [2.24, 2.45) is 0 Å². The predicted molar refractivity (Wildman–Crippen MR) is 144 cm³/mol. The van der Waals surface area contributed by atoms with Gasteiger partial charge >= 0.3 is 0 Å². The van der Waals surface area contributed by atoms with Gasteiger partial charge in [0.2, 0.25) is 11.8 Å². The SMILES string of the molecule is CNC(=O)C(Cc1ccccc1)N(Cc1ccc(F)cc1)C(=O)CC(c1ccccc1)c1ccccc1. The number of rotatable bonds is 10. The van der Waals surface area contributed by atoms with Crippen LogP contribution >= 0.6 is 0 Å². The van der Waals surface area contributed by atoms with E-state index in [-0.39, 0.29) is 36.5 Å². The molecule has 0 aromatic heterocycles. The highest BCUT2D eigenvalue weighted by Gasteiger charge is 2.31. The lowest BCUT2D eigenvalue weighted by Gasteiger charge is -2.32. The molecule has 4 rings (SSSR count). The lowest BCUT2D eigenvalue weighted by molar-refractivity contribution is -0.141. The van der Waals surface area contributed by atoms with Gasteiger partial charge in [0, 0.05) is 32.4 Å². The molecule has 2 amide bonds. The fraction of sp³-hybridized carbons (Fsp3) is 0.188. The number of amides is 2. The van der Waals surface area contributed by atoms with Crippen molar-refractivity contribution in [3.05, 3.63) is 143 Å². The van der Waals surface area contributed by atoms with E-state index < -0.39 is 6.04 Å². The Morgan fingerprint density at radius 3 is 1.76 bits per heavy atom. The molecule has 4 aromatic rings. The van der Waals surface area contributed by atoms with Crippen LogP contribution in [0.3, 0.4) is 0 Å². The fourth-order valence-corrected chi connectivity index (χ4v) is 4.60. The Morgan fingerprint density at radius 2 is 1.24 bits per heavy atom. The van der Waals surface area contributed by atoms with E-state index in [2.05, 4.69) is 5.32 Å². The van der Waals surface area contributed by atoms with Crippen LogP contribution in [0.1, 0.15) is 34.6 Å². The average molecular weight is 495 g/mol. The fourth-order valence-electron chi connectivity index (χ4n) is 4.60. The number of likely N-dealkylation sites (N-methyl/N-ethyl adjacent to an activating group) is 1. The highest BCUT2D eigenvalue weighted by molar-refractivity contribution is 5.88. The summed E-state index contributed by atoms with van der Waals surface area (Å²) in [6.45, 7) is 0.195. The molecule has 5 heteroatoms. The third kappa shape index (κ3) is 6.91. The Kier molecular flexibility index (Phi) is 8.82. The van der Waals surface area contributed by atoms with Crippen molar-refractivity contribution in [3.63, 3.8) is 0 Å². The van der Waals surface area contributed by atoms with Crippen molar-refractivity contribution in [1.82, 2.24) is 10.2 Å². The summed E-state index contributed by atoms with van der Waals surface area (Å²) in [5.74, 6) is -0.906. The maximum atomic E-state index is 14.1. The van der Waals surface area contributed by atoms with E-state index in [0.717, 1.165) is 22.3 Å². The molecule has 1 N–H and O–H groups in total. The number of hydrogen-bond donors (Lipinski definition) is 1. The molecular weight excluding hydrogens is 463 g/mol. The molecule has 0 aliphatic carbocycles. The number of halogens is 1. The van der Waals surface area contributed by atoms with Crippen LogP contribution in [0, 0.1) is 5.82 Å². The first-order valence-electron chi connectivity index (χ1n) is 12.4. The second-order valence-electron chi connectivity index (χ2n) is 9.05. The van der Waals surface area contributed by atoms with Crippen LogP contribution in [0.2, 0.25) is 0 Å². The number of carbonyl (C=O) groups is 2. The van der Waals surface area contributed by atoms with Gasteiger partial charge in [0.05, 0.1) is 0 Å². The van der Waals surface area contributed by atoms with Crippen LogP contribution in [-0.2, 0) is 22.6 Å². The molecular formula is C32H31FN2O2. The van der Waals surface area contributed by atoms with E-state index in [4.69, 9.17) is 0 Å². The Balaban J connectivity index is 1.71. The third-order valence-corrected chi connectivity index (χ3v) is 6.57. The van der Waals surface area contributed by atoms with E-state index in [1.165, 1.54) is 12.1 Å². The minimum absolute atomic E-state index is 0.147. The third-order valence-electron chi connectivity index (χ3n) is 6.57. The molecule has 0 aliphatic heterocycles. The van der Waals surface area contributed by atoms with Gasteiger partial charge in [0.15, 0.2) is 0 Å². The van der Waals surface area contributed by atoms with Gasteiger partial charge in [0.1, 0.15) is 11.9 Å². The largest absolute Gasteiger partial charge is 0.357 e. The van der Waals surface area contributed by atoms with E-state index in [0.29, 0.717) is 6.42 Å². The lowest BCUT2D eigenvalue weighted by Crippen LogP contribution is -2.50. The molecule has 1 atom stereocenters. The summed E-state index contributed by atoms with van der Waals surface area (Å²) in [5, 5.41) is 2.74. The second-order valence-corrected chi connectivity index (χ2v) is 9.05. The van der Waals surface area contributed by atoms with Gasteiger partial charge < -0.3 is 10.2 Å². The molecule has 0 radical (unpaired) electrons. The number of benzene rings is 4. The highest BCUT2D eigenvalue weighted by Crippen LogP contribution is 2.30. The van der Waals surface area contributed by atoms with E-state index in [1.807, 2.05) is 91.0 Å². The summed E-state index contributed by atoms with van der Waals surface area (Å²) in [5.41, 5.74) is 3.77. The highest BCUT2D eigenvalue weighted by atomic mass is 19.1. The smallest absolute Gasteiger partial charge is 0.242 e. The molecule has 0 bridgehead atoms. The van der Waals surface area contributed by atoms with Crippen LogP contribution in [0.15, 0.2) is 115 Å². The molecule has 4 nitrogen and oxygen atoms in total. The first kappa shape index (κ1) is 25.8. The standard InChI is InChI=1S/C32H31FN2O2/c1-34-32(37)30(21-24-11-5-2-6-12-24)35(23-25-17-19-28(33)20-18-25)31(36)22-29(26-13-7-3-8-14-26)27-15-9-4-10-16-27/h2-20,29-30H,21-23H2,1H3,(H,34,37). The molecule has 0 aliphatic rings. The minimum Gasteiger partial charge on any atom is -0.357 e. The van der Waals surface area contributed by atoms with Gasteiger partial charge in [-0.15, -0.1) is 0 Å². The van der Waals surface area contributed by atoms with Crippen LogP contribution in [0.25, 0.3) is 0 Å². The van der Waals surface area contributed by atoms with Crippen LogP contribution < -0.4 is 5.32 Å². The maximum absolute atomic E-state index is 14.1. The van der Waals surface area contributed by atoms with Gasteiger partial charge in [-0.1, -0.05) is 103 Å². The van der Waals surface area contributed by atoms with Crippen LogP contribution in [-0.4, -0.2) is 29.8 Å². The van der Waals surface area contributed by atoms with Gasteiger partial charge in [0.25, 0.3) is 0 Å². The number of nitrogens with zero attached hydrogens (tertiary/aromatic N) is 1. The molecule has 4 aromatic carbocycles. The Bertz CT molecular complexity index is 1240. The first-order valence-corrected chi connectivity index (χ1v) is 12.4. The second kappa shape index (κ2) is 12.6. The number of carbonyl (C=O) groups excluding carboxylic acids is 2. The monoisotopic (exact) mass is 494 g/mol. The molecule has 188 valence electrons. The summed E-state index contributed by atoms with van der Waals surface area (Å²) < 4.78 is 13.6. The maximum Gasteiger partial charge on any atom is 0.242 e. The quantitative estimate of drug-likeness (QED) is 0.306. The number of nitrogens with one attached hydrogen (secondary N) is 1. The molecule has 0 spiro atoms. The van der Waals surface area contributed by atoms with E-state index >= 15 is 0 Å². The Hall–Kier alpha value is -4.25. The van der Waals surface area contributed by atoms with Crippen molar-refractivity contribution in [3.8, 4) is 0 Å². The molecule has 0 fully saturated rings. The first-order chi connectivity index (χ1) is 18.0. The van der Waals surface area contributed by atoms with Crippen molar-refractivity contribution in [2.45, 2.75) is 31.3 Å². The van der Waals surface area contributed by atoms with E-state index in [9.17, 15) is 14.0 Å². The Morgan fingerprint density at radius 1 is 0.730 bits per heavy atom. The van der Waals surface area contributed by atoms with Gasteiger partial charge in [-0.25, -0.2) is 4.39 Å². The van der Waals surface area contributed by atoms with Crippen molar-refractivity contribution < 1.29 is 14.0 Å². The summed E-state index contributed by atoms with van der Waals surface area (Å²) in [6, 6.07) is 34.9. The van der Waals surface area contributed by atoms with Gasteiger partial charge in [-0.05, 0) is 34.4 Å².